The third-order valence-electron chi connectivity index (χ3n) is 2.60. The highest BCUT2D eigenvalue weighted by molar-refractivity contribution is 5.94. The van der Waals surface area contributed by atoms with Gasteiger partial charge < -0.3 is 20.1 Å². The Balaban J connectivity index is 2.48. The van der Waals surface area contributed by atoms with Gasteiger partial charge in [0.1, 0.15) is 5.75 Å². The van der Waals surface area contributed by atoms with E-state index in [1.54, 1.807) is 12.1 Å². The van der Waals surface area contributed by atoms with E-state index in [0.717, 1.165) is 6.08 Å². The molecule has 1 rings (SSSR count). The van der Waals surface area contributed by atoms with Crippen LogP contribution in [0.1, 0.15) is 5.56 Å². The van der Waals surface area contributed by atoms with Crippen LogP contribution in [0.3, 0.4) is 0 Å². The topological polar surface area (TPSA) is 76.7 Å². The summed E-state index contributed by atoms with van der Waals surface area (Å²) in [6.45, 7) is -2.42. The third-order valence-corrected chi connectivity index (χ3v) is 2.60. The number of benzene rings is 1. The van der Waals surface area contributed by atoms with E-state index in [-0.39, 0.29) is 18.2 Å². The van der Waals surface area contributed by atoms with Crippen molar-refractivity contribution in [3.8, 4) is 5.75 Å². The standard InChI is InChI=1S/C15H18F2N2O4/c1-22-9-8-18-14(21)10-19-13(20)7-6-11-4-2-3-5-12(11)23-15(16)17/h2-7,15H,8-10H2,1H3,(H,18,21)(H,19,20)/b7-6+. The number of para-hydroxylation sites is 1. The van der Waals surface area contributed by atoms with E-state index in [1.807, 2.05) is 0 Å². The molecule has 2 amide bonds. The Kier molecular flexibility index (Phi) is 8.30. The van der Waals surface area contributed by atoms with Gasteiger partial charge in [0.25, 0.3) is 0 Å². The first-order valence-corrected chi connectivity index (χ1v) is 6.78. The Labute approximate surface area is 132 Å². The summed E-state index contributed by atoms with van der Waals surface area (Å²) in [4.78, 5) is 23.0. The van der Waals surface area contributed by atoms with Crippen LogP contribution in [0.5, 0.6) is 5.75 Å². The van der Waals surface area contributed by atoms with Crippen LogP contribution in [-0.4, -0.2) is 45.2 Å². The fourth-order valence-electron chi connectivity index (χ4n) is 1.57. The summed E-state index contributed by atoms with van der Waals surface area (Å²) >= 11 is 0. The number of amides is 2. The van der Waals surface area contributed by atoms with Crippen molar-refractivity contribution in [1.29, 1.82) is 0 Å². The molecule has 0 radical (unpaired) electrons. The number of hydrogen-bond donors (Lipinski definition) is 2. The van der Waals surface area contributed by atoms with Gasteiger partial charge in [0.2, 0.25) is 11.8 Å². The molecule has 6 nitrogen and oxygen atoms in total. The smallest absolute Gasteiger partial charge is 0.387 e. The maximum atomic E-state index is 12.3. The van der Waals surface area contributed by atoms with Crippen LogP contribution in [0.4, 0.5) is 8.78 Å². The van der Waals surface area contributed by atoms with Gasteiger partial charge in [-0.05, 0) is 12.1 Å². The normalized spacial score (nSPS) is 10.8. The van der Waals surface area contributed by atoms with Crippen LogP contribution in [0.15, 0.2) is 30.3 Å². The van der Waals surface area contributed by atoms with E-state index in [1.165, 1.54) is 25.3 Å². The van der Waals surface area contributed by atoms with Gasteiger partial charge in [-0.3, -0.25) is 9.59 Å². The average Bonchev–Trinajstić information content (AvgIpc) is 2.52. The molecule has 0 atom stereocenters. The highest BCUT2D eigenvalue weighted by Gasteiger charge is 2.07. The lowest BCUT2D eigenvalue weighted by molar-refractivity contribution is -0.124. The number of alkyl halides is 2. The van der Waals surface area contributed by atoms with Gasteiger partial charge in [0.05, 0.1) is 13.2 Å². The zero-order valence-corrected chi connectivity index (χ0v) is 12.6. The van der Waals surface area contributed by atoms with Crippen molar-refractivity contribution in [1.82, 2.24) is 10.6 Å². The number of nitrogens with one attached hydrogen (secondary N) is 2. The number of rotatable bonds is 9. The van der Waals surface area contributed by atoms with E-state index in [0.29, 0.717) is 18.7 Å². The van der Waals surface area contributed by atoms with Crippen LogP contribution in [0, 0.1) is 0 Å². The highest BCUT2D eigenvalue weighted by Crippen LogP contribution is 2.21. The second-order valence-corrected chi connectivity index (χ2v) is 4.31. The van der Waals surface area contributed by atoms with Crippen molar-refractivity contribution in [2.24, 2.45) is 0 Å². The number of hydrogen-bond acceptors (Lipinski definition) is 4. The molecule has 0 heterocycles. The minimum absolute atomic E-state index is 0.0381. The van der Waals surface area contributed by atoms with E-state index in [9.17, 15) is 18.4 Å². The SMILES string of the molecule is COCCNC(=O)CNC(=O)/C=C/c1ccccc1OC(F)F. The summed E-state index contributed by atoms with van der Waals surface area (Å²) in [6.07, 6.45) is 2.46. The maximum absolute atomic E-state index is 12.3. The third kappa shape index (κ3) is 7.91. The number of carbonyl (C=O) groups is 2. The summed E-state index contributed by atoms with van der Waals surface area (Å²) in [5.41, 5.74) is 0.326. The van der Waals surface area contributed by atoms with Gasteiger partial charge in [-0.1, -0.05) is 18.2 Å². The molecule has 2 N–H and O–H groups in total. The van der Waals surface area contributed by atoms with Crippen molar-refractivity contribution in [2.75, 3.05) is 26.8 Å². The first-order valence-electron chi connectivity index (χ1n) is 6.78. The lowest BCUT2D eigenvalue weighted by Gasteiger charge is -2.07. The van der Waals surface area contributed by atoms with E-state index in [2.05, 4.69) is 15.4 Å². The molecule has 23 heavy (non-hydrogen) atoms. The van der Waals surface area contributed by atoms with Crippen LogP contribution in [0.2, 0.25) is 0 Å². The zero-order chi connectivity index (χ0) is 17.1. The monoisotopic (exact) mass is 328 g/mol. The van der Waals surface area contributed by atoms with Crippen molar-refractivity contribution < 1.29 is 27.8 Å². The quantitative estimate of drug-likeness (QED) is 0.527. The second kappa shape index (κ2) is 10.3. The Morgan fingerprint density at radius 3 is 2.70 bits per heavy atom. The summed E-state index contributed by atoms with van der Waals surface area (Å²) in [7, 11) is 1.51. The molecule has 0 unspecified atom stereocenters. The fourth-order valence-corrected chi connectivity index (χ4v) is 1.57. The molecule has 1 aromatic rings. The minimum atomic E-state index is -2.95. The largest absolute Gasteiger partial charge is 0.434 e. The Morgan fingerprint density at radius 2 is 2.00 bits per heavy atom. The van der Waals surface area contributed by atoms with Gasteiger partial charge in [-0.25, -0.2) is 0 Å². The average molecular weight is 328 g/mol. The summed E-state index contributed by atoms with van der Waals surface area (Å²) < 4.78 is 33.6. The van der Waals surface area contributed by atoms with Gasteiger partial charge in [0, 0.05) is 25.3 Å². The summed E-state index contributed by atoms with van der Waals surface area (Å²) in [5, 5.41) is 4.91. The molecular weight excluding hydrogens is 310 g/mol. The lowest BCUT2D eigenvalue weighted by Crippen LogP contribution is -2.37. The Morgan fingerprint density at radius 1 is 1.26 bits per heavy atom. The molecule has 0 saturated carbocycles. The number of carbonyl (C=O) groups excluding carboxylic acids is 2. The molecule has 1 aromatic carbocycles. The maximum Gasteiger partial charge on any atom is 0.387 e. The molecule has 0 fully saturated rings. The number of halogens is 2. The molecule has 126 valence electrons. The van der Waals surface area contributed by atoms with Gasteiger partial charge in [0.15, 0.2) is 0 Å². The lowest BCUT2D eigenvalue weighted by atomic mass is 10.2. The highest BCUT2D eigenvalue weighted by atomic mass is 19.3. The zero-order valence-electron chi connectivity index (χ0n) is 12.6. The number of ether oxygens (including phenoxy) is 2. The first-order chi connectivity index (χ1) is 11.0. The van der Waals surface area contributed by atoms with Gasteiger partial charge >= 0.3 is 6.61 Å². The fraction of sp³-hybridized carbons (Fsp3) is 0.333. The molecule has 0 aliphatic rings. The van der Waals surface area contributed by atoms with Crippen molar-refractivity contribution >= 4 is 17.9 Å². The van der Waals surface area contributed by atoms with Crippen molar-refractivity contribution in [2.45, 2.75) is 6.61 Å². The van der Waals surface area contributed by atoms with E-state index < -0.39 is 12.5 Å². The second-order valence-electron chi connectivity index (χ2n) is 4.31. The summed E-state index contributed by atoms with van der Waals surface area (Å²) in [6, 6.07) is 6.06. The Bertz CT molecular complexity index is 550. The predicted octanol–water partition coefficient (Wildman–Crippen LogP) is 1.18. The van der Waals surface area contributed by atoms with Crippen LogP contribution in [0.25, 0.3) is 6.08 Å². The molecule has 0 spiro atoms. The summed E-state index contributed by atoms with van der Waals surface area (Å²) in [5.74, 6) is -0.923. The van der Waals surface area contributed by atoms with E-state index in [4.69, 9.17) is 4.74 Å². The predicted molar refractivity (Wildman–Crippen MR) is 80.0 cm³/mol. The van der Waals surface area contributed by atoms with Crippen LogP contribution in [-0.2, 0) is 14.3 Å². The molecule has 0 saturated heterocycles. The number of methoxy groups -OCH3 is 1. The van der Waals surface area contributed by atoms with Gasteiger partial charge in [-0.15, -0.1) is 0 Å². The molecular formula is C15H18F2N2O4. The molecule has 0 bridgehead atoms. The molecule has 0 aromatic heterocycles. The van der Waals surface area contributed by atoms with Crippen LogP contribution >= 0.6 is 0 Å². The Hall–Kier alpha value is -2.48. The minimum Gasteiger partial charge on any atom is -0.434 e. The molecule has 8 heteroatoms. The van der Waals surface area contributed by atoms with Crippen molar-refractivity contribution in [3.63, 3.8) is 0 Å². The van der Waals surface area contributed by atoms with Crippen LogP contribution < -0.4 is 15.4 Å². The molecule has 0 aliphatic carbocycles. The van der Waals surface area contributed by atoms with Gasteiger partial charge in [-0.2, -0.15) is 8.78 Å². The molecule has 0 aliphatic heterocycles. The van der Waals surface area contributed by atoms with Crippen molar-refractivity contribution in [3.05, 3.63) is 35.9 Å². The first kappa shape index (κ1) is 18.6. The van der Waals surface area contributed by atoms with E-state index >= 15 is 0 Å².